The highest BCUT2D eigenvalue weighted by atomic mass is 32.1. The summed E-state index contributed by atoms with van der Waals surface area (Å²) in [6, 6.07) is 64.5. The normalized spacial score (nSPS) is 13.4. The van der Waals surface area contributed by atoms with Gasteiger partial charge in [0.1, 0.15) is 5.52 Å². The molecule has 2 aliphatic carbocycles. The molecule has 0 saturated heterocycles. The number of hydrogen-bond donors (Lipinski definition) is 0. The molecule has 12 rings (SSSR count). The zero-order valence-corrected chi connectivity index (χ0v) is 29.3. The topological polar surface area (TPSA) is 26.0 Å². The maximum atomic E-state index is 6.10. The van der Waals surface area contributed by atoms with E-state index in [1.54, 1.807) is 0 Å². The van der Waals surface area contributed by atoms with Crippen molar-refractivity contribution in [1.82, 2.24) is 4.98 Å². The van der Waals surface area contributed by atoms with E-state index < -0.39 is 0 Å². The Bertz CT molecular complexity index is 3050. The summed E-state index contributed by atoms with van der Waals surface area (Å²) in [5.41, 5.74) is 17.9. The van der Waals surface area contributed by atoms with Gasteiger partial charge < -0.3 is 4.42 Å². The first-order chi connectivity index (χ1) is 26.3. The fourth-order valence-electron chi connectivity index (χ4n) is 9.28. The molecule has 246 valence electrons. The Morgan fingerprint density at radius 3 is 1.72 bits per heavy atom. The highest BCUT2D eigenvalue weighted by Crippen LogP contribution is 2.63. The first-order valence-corrected chi connectivity index (χ1v) is 18.9. The second kappa shape index (κ2) is 10.7. The summed E-state index contributed by atoms with van der Waals surface area (Å²) < 4.78 is 8.72. The van der Waals surface area contributed by atoms with Crippen LogP contribution in [0.1, 0.15) is 22.3 Å². The van der Waals surface area contributed by atoms with Gasteiger partial charge in [0, 0.05) is 31.3 Å². The van der Waals surface area contributed by atoms with Gasteiger partial charge in [-0.1, -0.05) is 127 Å². The Labute approximate surface area is 310 Å². The molecular weight excluding hydrogens is 663 g/mol. The van der Waals surface area contributed by atoms with Crippen LogP contribution in [0, 0.1) is 0 Å². The van der Waals surface area contributed by atoms with Crippen LogP contribution in [0.2, 0.25) is 0 Å². The lowest BCUT2D eigenvalue weighted by Gasteiger charge is -2.30. The van der Waals surface area contributed by atoms with Gasteiger partial charge in [0.05, 0.1) is 5.41 Å². The van der Waals surface area contributed by atoms with Crippen molar-refractivity contribution >= 4 is 42.6 Å². The monoisotopic (exact) mass is 691 g/mol. The van der Waals surface area contributed by atoms with E-state index in [2.05, 4.69) is 152 Å². The van der Waals surface area contributed by atoms with E-state index in [4.69, 9.17) is 9.40 Å². The zero-order valence-electron chi connectivity index (χ0n) is 28.5. The van der Waals surface area contributed by atoms with Crippen molar-refractivity contribution in [2.24, 2.45) is 0 Å². The van der Waals surface area contributed by atoms with Crippen molar-refractivity contribution < 1.29 is 4.42 Å². The van der Waals surface area contributed by atoms with Gasteiger partial charge in [-0.15, -0.1) is 11.3 Å². The second-order valence-electron chi connectivity index (χ2n) is 14.2. The van der Waals surface area contributed by atoms with Crippen LogP contribution in [0.4, 0.5) is 0 Å². The maximum Gasteiger partial charge on any atom is 0.227 e. The van der Waals surface area contributed by atoms with Crippen LogP contribution < -0.4 is 0 Å². The fourth-order valence-corrected chi connectivity index (χ4v) is 10.5. The summed E-state index contributed by atoms with van der Waals surface area (Å²) in [5, 5.41) is 2.58. The molecule has 0 radical (unpaired) electrons. The Hall–Kier alpha value is -6.55. The van der Waals surface area contributed by atoms with Crippen LogP contribution in [-0.4, -0.2) is 4.98 Å². The standard InChI is InChI=1S/C50H29NOS/c1-5-15-41-34(11-1)35-12-2-6-16-42(35)50(41)43-17-7-3-13-36(43)39-27-32(25-26-44(39)50)38-28-33(29-40-37-14-4-10-20-47(37)53-48(38)40)30-21-23-31(24-22-30)49-51-45-18-8-9-19-46(45)52-49/h1-29H. The molecule has 0 unspecified atom stereocenters. The molecule has 2 aromatic heterocycles. The third-order valence-electron chi connectivity index (χ3n) is 11.5. The number of aromatic nitrogens is 1. The van der Waals surface area contributed by atoms with Crippen molar-refractivity contribution in [1.29, 1.82) is 0 Å². The number of para-hydroxylation sites is 2. The van der Waals surface area contributed by atoms with Crippen LogP contribution in [0.5, 0.6) is 0 Å². The summed E-state index contributed by atoms with van der Waals surface area (Å²) in [6.45, 7) is 0. The van der Waals surface area contributed by atoms with E-state index in [-0.39, 0.29) is 5.41 Å². The third kappa shape index (κ3) is 3.95. The van der Waals surface area contributed by atoms with Crippen molar-refractivity contribution in [2.75, 3.05) is 0 Å². The van der Waals surface area contributed by atoms with Gasteiger partial charge in [0.25, 0.3) is 0 Å². The first kappa shape index (κ1) is 29.1. The molecule has 0 amide bonds. The zero-order chi connectivity index (χ0) is 34.7. The first-order valence-electron chi connectivity index (χ1n) is 18.1. The molecule has 3 heteroatoms. The Balaban J connectivity index is 1.06. The van der Waals surface area contributed by atoms with Crippen LogP contribution in [-0.2, 0) is 5.41 Å². The summed E-state index contributed by atoms with van der Waals surface area (Å²) in [5.74, 6) is 0.640. The van der Waals surface area contributed by atoms with E-state index in [9.17, 15) is 0 Å². The molecule has 0 fully saturated rings. The van der Waals surface area contributed by atoms with Crippen molar-refractivity contribution in [3.63, 3.8) is 0 Å². The van der Waals surface area contributed by atoms with E-state index >= 15 is 0 Å². The number of oxazole rings is 1. The van der Waals surface area contributed by atoms with Gasteiger partial charge in [0.2, 0.25) is 5.89 Å². The number of benzene rings is 8. The number of fused-ring (bicyclic) bond motifs is 14. The summed E-state index contributed by atoms with van der Waals surface area (Å²) in [7, 11) is 0. The lowest BCUT2D eigenvalue weighted by atomic mass is 9.70. The molecule has 10 aromatic rings. The molecule has 8 aromatic carbocycles. The fraction of sp³-hybridized carbons (Fsp3) is 0.0200. The number of rotatable bonds is 3. The predicted molar refractivity (Wildman–Crippen MR) is 220 cm³/mol. The largest absolute Gasteiger partial charge is 0.436 e. The Morgan fingerprint density at radius 2 is 0.981 bits per heavy atom. The molecule has 2 heterocycles. The van der Waals surface area contributed by atoms with E-state index in [1.807, 2.05) is 35.6 Å². The smallest absolute Gasteiger partial charge is 0.227 e. The number of hydrogen-bond acceptors (Lipinski definition) is 3. The Kier molecular flexibility index (Phi) is 5.89. The van der Waals surface area contributed by atoms with Crippen LogP contribution in [0.15, 0.2) is 180 Å². The average molecular weight is 692 g/mol. The molecule has 0 saturated carbocycles. The Morgan fingerprint density at radius 1 is 0.415 bits per heavy atom. The quantitative estimate of drug-likeness (QED) is 0.184. The van der Waals surface area contributed by atoms with Gasteiger partial charge >= 0.3 is 0 Å². The maximum absolute atomic E-state index is 6.10. The van der Waals surface area contributed by atoms with Crippen molar-refractivity contribution in [3.05, 3.63) is 198 Å². The van der Waals surface area contributed by atoms with Gasteiger partial charge in [-0.05, 0) is 110 Å². The molecular formula is C50H29NOS. The van der Waals surface area contributed by atoms with Gasteiger partial charge in [0.15, 0.2) is 5.58 Å². The van der Waals surface area contributed by atoms with E-state index in [0.717, 1.165) is 22.2 Å². The van der Waals surface area contributed by atoms with Crippen LogP contribution >= 0.6 is 11.3 Å². The second-order valence-corrected chi connectivity index (χ2v) is 15.3. The summed E-state index contributed by atoms with van der Waals surface area (Å²) in [4.78, 5) is 4.74. The predicted octanol–water partition coefficient (Wildman–Crippen LogP) is 13.5. The van der Waals surface area contributed by atoms with Crippen LogP contribution in [0.3, 0.4) is 0 Å². The lowest BCUT2D eigenvalue weighted by molar-refractivity contribution is 0.620. The number of thiophene rings is 1. The van der Waals surface area contributed by atoms with Crippen molar-refractivity contribution in [2.45, 2.75) is 5.41 Å². The number of nitrogens with zero attached hydrogens (tertiary/aromatic N) is 1. The molecule has 1 spiro atoms. The molecule has 0 N–H and O–H groups in total. The minimum absolute atomic E-state index is 0.344. The highest BCUT2D eigenvalue weighted by molar-refractivity contribution is 7.26. The molecule has 2 aliphatic rings. The minimum Gasteiger partial charge on any atom is -0.436 e. The molecule has 2 nitrogen and oxygen atoms in total. The average Bonchev–Trinajstić information content (AvgIpc) is 3.98. The third-order valence-corrected chi connectivity index (χ3v) is 12.8. The summed E-state index contributed by atoms with van der Waals surface area (Å²) >= 11 is 1.89. The lowest BCUT2D eigenvalue weighted by Crippen LogP contribution is -2.25. The summed E-state index contributed by atoms with van der Waals surface area (Å²) in [6.07, 6.45) is 0. The molecule has 0 aliphatic heterocycles. The van der Waals surface area contributed by atoms with Crippen molar-refractivity contribution in [3.8, 4) is 56.0 Å². The SMILES string of the molecule is c1ccc2c(c1)-c1ccccc1C21c2ccccc2-c2cc(-c3cc(-c4ccc(-c5nc6ccccc6o5)cc4)cc4c3sc3ccccc34)ccc21. The highest BCUT2D eigenvalue weighted by Gasteiger charge is 2.51. The van der Waals surface area contributed by atoms with E-state index in [0.29, 0.717) is 5.89 Å². The van der Waals surface area contributed by atoms with E-state index in [1.165, 1.54) is 81.4 Å². The molecule has 0 atom stereocenters. The van der Waals surface area contributed by atoms with Gasteiger partial charge in [-0.25, -0.2) is 4.98 Å². The van der Waals surface area contributed by atoms with Gasteiger partial charge in [-0.3, -0.25) is 0 Å². The minimum atomic E-state index is -0.344. The van der Waals surface area contributed by atoms with Crippen LogP contribution in [0.25, 0.3) is 87.2 Å². The molecule has 0 bridgehead atoms. The van der Waals surface area contributed by atoms with Gasteiger partial charge in [-0.2, -0.15) is 0 Å². The molecule has 53 heavy (non-hydrogen) atoms.